The van der Waals surface area contributed by atoms with E-state index in [0.29, 0.717) is 11.5 Å². The summed E-state index contributed by atoms with van der Waals surface area (Å²) in [5.74, 6) is 0.173. The van der Waals surface area contributed by atoms with Gasteiger partial charge in [-0.3, -0.25) is 4.79 Å². The molecular formula is C17H17ClF3N3O. The zero-order valence-corrected chi connectivity index (χ0v) is 14.6. The number of halogens is 4. The van der Waals surface area contributed by atoms with Crippen molar-refractivity contribution in [2.24, 2.45) is 5.41 Å². The summed E-state index contributed by atoms with van der Waals surface area (Å²) in [6, 6.07) is 6.68. The standard InChI is InChI=1S/C17H17ClF3N3O/c1-16(2,3)15(25)24-11-5-7-14(22-9-11)23-10-4-6-13(18)12(8-10)17(19,20)21/h4-9H,1-3H3,(H,22,23)(H,24,25). The second-order valence-electron chi connectivity index (χ2n) is 6.45. The first-order valence-electron chi connectivity index (χ1n) is 7.38. The Morgan fingerprint density at radius 2 is 1.72 bits per heavy atom. The number of hydrogen-bond donors (Lipinski definition) is 2. The van der Waals surface area contributed by atoms with E-state index in [-0.39, 0.29) is 16.6 Å². The highest BCUT2D eigenvalue weighted by Crippen LogP contribution is 2.36. The van der Waals surface area contributed by atoms with Crippen LogP contribution in [0.4, 0.5) is 30.4 Å². The molecule has 0 atom stereocenters. The van der Waals surface area contributed by atoms with Crippen LogP contribution in [0.25, 0.3) is 0 Å². The molecule has 0 unspecified atom stereocenters. The maximum atomic E-state index is 12.9. The van der Waals surface area contributed by atoms with Gasteiger partial charge in [0.1, 0.15) is 5.82 Å². The van der Waals surface area contributed by atoms with E-state index in [4.69, 9.17) is 11.6 Å². The summed E-state index contributed by atoms with van der Waals surface area (Å²) in [6.07, 6.45) is -3.12. The molecule has 0 radical (unpaired) electrons. The van der Waals surface area contributed by atoms with Gasteiger partial charge in [0, 0.05) is 11.1 Å². The summed E-state index contributed by atoms with van der Waals surface area (Å²) < 4.78 is 38.6. The zero-order chi connectivity index (χ0) is 18.8. The number of nitrogens with one attached hydrogen (secondary N) is 2. The fourth-order valence-electron chi connectivity index (χ4n) is 1.83. The highest BCUT2D eigenvalue weighted by molar-refractivity contribution is 6.31. The average molecular weight is 372 g/mol. The fraction of sp³-hybridized carbons (Fsp3) is 0.294. The minimum atomic E-state index is -4.54. The quantitative estimate of drug-likeness (QED) is 0.750. The van der Waals surface area contributed by atoms with E-state index in [1.54, 1.807) is 32.9 Å². The van der Waals surface area contributed by atoms with Gasteiger partial charge in [0.25, 0.3) is 0 Å². The van der Waals surface area contributed by atoms with Crippen molar-refractivity contribution < 1.29 is 18.0 Å². The van der Waals surface area contributed by atoms with Gasteiger partial charge in [0.15, 0.2) is 0 Å². The summed E-state index contributed by atoms with van der Waals surface area (Å²) in [6.45, 7) is 5.35. The minimum absolute atomic E-state index is 0.164. The number of hydrogen-bond acceptors (Lipinski definition) is 3. The highest BCUT2D eigenvalue weighted by Gasteiger charge is 2.33. The summed E-state index contributed by atoms with van der Waals surface area (Å²) in [5, 5.41) is 5.12. The molecule has 1 aromatic heterocycles. The predicted molar refractivity (Wildman–Crippen MR) is 92.1 cm³/mol. The Hall–Kier alpha value is -2.28. The van der Waals surface area contributed by atoms with Gasteiger partial charge in [0.05, 0.1) is 22.5 Å². The molecule has 0 bridgehead atoms. The van der Waals surface area contributed by atoms with Crippen molar-refractivity contribution in [2.75, 3.05) is 10.6 Å². The third kappa shape index (κ3) is 5.09. The first kappa shape index (κ1) is 19.1. The number of benzene rings is 1. The lowest BCUT2D eigenvalue weighted by molar-refractivity contribution is -0.137. The lowest BCUT2D eigenvalue weighted by atomic mass is 9.96. The molecule has 2 N–H and O–H groups in total. The molecule has 1 aromatic carbocycles. The number of carbonyl (C=O) groups is 1. The average Bonchev–Trinajstić information content (AvgIpc) is 2.49. The topological polar surface area (TPSA) is 54.0 Å². The van der Waals surface area contributed by atoms with Gasteiger partial charge in [-0.1, -0.05) is 32.4 Å². The van der Waals surface area contributed by atoms with Crippen LogP contribution in [0.5, 0.6) is 0 Å². The van der Waals surface area contributed by atoms with Crippen LogP contribution in [0, 0.1) is 5.41 Å². The van der Waals surface area contributed by atoms with Crippen molar-refractivity contribution in [1.29, 1.82) is 0 Å². The lowest BCUT2D eigenvalue weighted by Gasteiger charge is -2.17. The molecule has 1 amide bonds. The molecule has 0 saturated heterocycles. The van der Waals surface area contributed by atoms with E-state index in [1.807, 2.05) is 0 Å². The van der Waals surface area contributed by atoms with Gasteiger partial charge in [-0.2, -0.15) is 13.2 Å². The molecule has 134 valence electrons. The number of rotatable bonds is 3. The molecule has 0 spiro atoms. The molecular weight excluding hydrogens is 355 g/mol. The second kappa shape index (κ2) is 6.92. The van der Waals surface area contributed by atoms with Crippen LogP contribution in [0.15, 0.2) is 36.5 Å². The van der Waals surface area contributed by atoms with Crippen molar-refractivity contribution in [3.8, 4) is 0 Å². The molecule has 2 aromatic rings. The van der Waals surface area contributed by atoms with E-state index in [9.17, 15) is 18.0 Å². The molecule has 2 rings (SSSR count). The van der Waals surface area contributed by atoms with Crippen molar-refractivity contribution in [1.82, 2.24) is 4.98 Å². The third-order valence-electron chi connectivity index (χ3n) is 3.25. The smallest absolute Gasteiger partial charge is 0.340 e. The third-order valence-corrected chi connectivity index (χ3v) is 3.58. The maximum absolute atomic E-state index is 12.9. The molecule has 1 heterocycles. The van der Waals surface area contributed by atoms with Crippen molar-refractivity contribution in [3.05, 3.63) is 47.1 Å². The summed E-state index contributed by atoms with van der Waals surface area (Å²) in [4.78, 5) is 16.0. The summed E-state index contributed by atoms with van der Waals surface area (Å²) in [5.41, 5.74) is -0.768. The Labute approximate surface area is 148 Å². The molecule has 4 nitrogen and oxygen atoms in total. The van der Waals surface area contributed by atoms with E-state index < -0.39 is 17.2 Å². The lowest BCUT2D eigenvalue weighted by Crippen LogP contribution is -2.27. The van der Waals surface area contributed by atoms with Crippen molar-refractivity contribution in [2.45, 2.75) is 26.9 Å². The fourth-order valence-corrected chi connectivity index (χ4v) is 2.05. The molecule has 0 aliphatic carbocycles. The molecule has 0 aliphatic rings. The van der Waals surface area contributed by atoms with Gasteiger partial charge in [-0.25, -0.2) is 4.98 Å². The monoisotopic (exact) mass is 371 g/mol. The van der Waals surface area contributed by atoms with E-state index >= 15 is 0 Å². The molecule has 0 fully saturated rings. The van der Waals surface area contributed by atoms with Crippen LogP contribution in [0.1, 0.15) is 26.3 Å². The van der Waals surface area contributed by atoms with Gasteiger partial charge in [-0.15, -0.1) is 0 Å². The van der Waals surface area contributed by atoms with Crippen LogP contribution in [0.2, 0.25) is 5.02 Å². The van der Waals surface area contributed by atoms with Crippen molar-refractivity contribution >= 4 is 34.7 Å². The minimum Gasteiger partial charge on any atom is -0.340 e. The van der Waals surface area contributed by atoms with Crippen LogP contribution < -0.4 is 10.6 Å². The Morgan fingerprint density at radius 1 is 1.08 bits per heavy atom. The van der Waals surface area contributed by atoms with Gasteiger partial charge >= 0.3 is 6.18 Å². The van der Waals surface area contributed by atoms with Crippen LogP contribution in [-0.4, -0.2) is 10.9 Å². The number of anilines is 3. The number of carbonyl (C=O) groups excluding carboxylic acids is 1. The largest absolute Gasteiger partial charge is 0.417 e. The second-order valence-corrected chi connectivity index (χ2v) is 6.86. The van der Waals surface area contributed by atoms with Crippen molar-refractivity contribution in [3.63, 3.8) is 0 Å². The Balaban J connectivity index is 2.13. The molecule has 8 heteroatoms. The van der Waals surface area contributed by atoms with Gasteiger partial charge in [0.2, 0.25) is 5.91 Å². The number of nitrogens with zero attached hydrogens (tertiary/aromatic N) is 1. The number of aromatic nitrogens is 1. The number of amides is 1. The maximum Gasteiger partial charge on any atom is 0.417 e. The first-order valence-corrected chi connectivity index (χ1v) is 7.76. The first-order chi connectivity index (χ1) is 11.5. The Kier molecular flexibility index (Phi) is 5.27. The molecule has 0 aliphatic heterocycles. The highest BCUT2D eigenvalue weighted by atomic mass is 35.5. The van der Waals surface area contributed by atoms with E-state index in [1.165, 1.54) is 18.3 Å². The molecule has 25 heavy (non-hydrogen) atoms. The number of alkyl halides is 3. The predicted octanol–water partition coefficient (Wildman–Crippen LogP) is 5.48. The Bertz CT molecular complexity index is 768. The summed E-state index contributed by atoms with van der Waals surface area (Å²) in [7, 11) is 0. The SMILES string of the molecule is CC(C)(C)C(=O)Nc1ccc(Nc2ccc(Cl)c(C(F)(F)F)c2)nc1. The van der Waals surface area contributed by atoms with Gasteiger partial charge in [-0.05, 0) is 30.3 Å². The van der Waals surface area contributed by atoms with Gasteiger partial charge < -0.3 is 10.6 Å². The van der Waals surface area contributed by atoms with E-state index in [2.05, 4.69) is 15.6 Å². The van der Waals surface area contributed by atoms with Crippen LogP contribution >= 0.6 is 11.6 Å². The van der Waals surface area contributed by atoms with Crippen LogP contribution in [0.3, 0.4) is 0 Å². The number of pyridine rings is 1. The Morgan fingerprint density at radius 3 is 2.24 bits per heavy atom. The summed E-state index contributed by atoms with van der Waals surface area (Å²) >= 11 is 5.59. The molecule has 0 saturated carbocycles. The normalized spacial score (nSPS) is 12.0. The van der Waals surface area contributed by atoms with Crippen LogP contribution in [-0.2, 0) is 11.0 Å². The zero-order valence-electron chi connectivity index (χ0n) is 13.8. The van der Waals surface area contributed by atoms with E-state index in [0.717, 1.165) is 6.07 Å².